The van der Waals surface area contributed by atoms with Crippen molar-refractivity contribution in [2.24, 2.45) is 0 Å². The van der Waals surface area contributed by atoms with Gasteiger partial charge in [0.25, 0.3) is 0 Å². The predicted molar refractivity (Wildman–Crippen MR) is 88.1 cm³/mol. The van der Waals surface area contributed by atoms with Crippen LogP contribution in [0.5, 0.6) is 5.75 Å². The number of nitrogens with one attached hydrogen (secondary N) is 1. The van der Waals surface area contributed by atoms with Crippen LogP contribution in [0.2, 0.25) is 0 Å². The smallest absolute Gasteiger partial charge is 0.168 e. The molecule has 1 aromatic heterocycles. The van der Waals surface area contributed by atoms with Crippen LogP contribution in [0.1, 0.15) is 24.9 Å². The van der Waals surface area contributed by atoms with Crippen molar-refractivity contribution >= 4 is 17.6 Å². The minimum atomic E-state index is 0.376. The quantitative estimate of drug-likeness (QED) is 0.786. The molecule has 0 fully saturated rings. The van der Waals surface area contributed by atoms with Crippen molar-refractivity contribution in [3.05, 3.63) is 41.9 Å². The van der Waals surface area contributed by atoms with Gasteiger partial charge in [-0.1, -0.05) is 6.92 Å². The molecule has 0 amide bonds. The second-order valence-corrected chi connectivity index (χ2v) is 5.58. The first kappa shape index (κ1) is 15.6. The van der Waals surface area contributed by atoms with Crippen molar-refractivity contribution in [2.75, 3.05) is 18.1 Å². The number of benzene rings is 1. The third kappa shape index (κ3) is 4.93. The fourth-order valence-corrected chi connectivity index (χ4v) is 2.27. The van der Waals surface area contributed by atoms with E-state index in [1.54, 1.807) is 11.8 Å². The number of nitrogens with zero attached hydrogens (tertiary/aromatic N) is 2. The maximum Gasteiger partial charge on any atom is 0.168 e. The molecule has 1 heterocycles. The molecule has 0 saturated heterocycles. The summed E-state index contributed by atoms with van der Waals surface area (Å²) < 4.78 is 5.74. The zero-order valence-corrected chi connectivity index (χ0v) is 13.5. The Morgan fingerprint density at radius 2 is 1.95 bits per heavy atom. The lowest BCUT2D eigenvalue weighted by atomic mass is 10.3. The van der Waals surface area contributed by atoms with Crippen LogP contribution in [0.25, 0.3) is 0 Å². The highest BCUT2D eigenvalue weighted by Crippen LogP contribution is 2.19. The fraction of sp³-hybridized carbons (Fsp3) is 0.375. The molecule has 0 radical (unpaired) electrons. The van der Waals surface area contributed by atoms with E-state index in [0.29, 0.717) is 12.4 Å². The van der Waals surface area contributed by atoms with E-state index in [0.717, 1.165) is 30.2 Å². The van der Waals surface area contributed by atoms with Gasteiger partial charge in [0.05, 0.1) is 0 Å². The van der Waals surface area contributed by atoms with Gasteiger partial charge >= 0.3 is 0 Å². The van der Waals surface area contributed by atoms with Crippen LogP contribution in [0.4, 0.5) is 5.82 Å². The molecule has 0 aliphatic heterocycles. The summed E-state index contributed by atoms with van der Waals surface area (Å²) in [7, 11) is 0. The molecule has 0 aliphatic rings. The van der Waals surface area contributed by atoms with Gasteiger partial charge in [-0.05, 0) is 43.9 Å². The Morgan fingerprint density at radius 1 is 1.19 bits per heavy atom. The Balaban J connectivity index is 1.99. The fourth-order valence-electron chi connectivity index (χ4n) is 1.86. The first-order valence-corrected chi connectivity index (χ1v) is 8.29. The SMILES string of the molecule is CCCNc1cc(C)nc(COc2ccc(SC)cc2)n1. The normalized spacial score (nSPS) is 10.4. The largest absolute Gasteiger partial charge is 0.486 e. The Morgan fingerprint density at radius 3 is 2.62 bits per heavy atom. The van der Waals surface area contributed by atoms with Crippen LogP contribution in [0.3, 0.4) is 0 Å². The molecule has 0 spiro atoms. The van der Waals surface area contributed by atoms with Gasteiger partial charge in [-0.3, -0.25) is 0 Å². The summed E-state index contributed by atoms with van der Waals surface area (Å²) in [5.41, 5.74) is 0.944. The highest BCUT2D eigenvalue weighted by atomic mass is 32.2. The number of anilines is 1. The van der Waals surface area contributed by atoms with E-state index in [9.17, 15) is 0 Å². The molecule has 1 aromatic carbocycles. The van der Waals surface area contributed by atoms with Gasteiger partial charge in [0.2, 0.25) is 0 Å². The third-order valence-electron chi connectivity index (χ3n) is 2.88. The molecule has 1 N–H and O–H groups in total. The molecule has 0 aliphatic carbocycles. The monoisotopic (exact) mass is 303 g/mol. The van der Waals surface area contributed by atoms with Crippen molar-refractivity contribution in [3.8, 4) is 5.75 Å². The van der Waals surface area contributed by atoms with Gasteiger partial charge in [-0.15, -0.1) is 11.8 Å². The number of ether oxygens (including phenoxy) is 1. The third-order valence-corrected chi connectivity index (χ3v) is 3.63. The van der Waals surface area contributed by atoms with Crippen LogP contribution in [-0.2, 0) is 6.61 Å². The lowest BCUT2D eigenvalue weighted by Gasteiger charge is -2.09. The van der Waals surface area contributed by atoms with Crippen LogP contribution in [0.15, 0.2) is 35.2 Å². The molecule has 0 unspecified atom stereocenters. The number of aromatic nitrogens is 2. The van der Waals surface area contributed by atoms with Crippen molar-refractivity contribution in [2.45, 2.75) is 31.8 Å². The first-order chi connectivity index (χ1) is 10.2. The summed E-state index contributed by atoms with van der Waals surface area (Å²) in [5, 5.41) is 3.28. The topological polar surface area (TPSA) is 47.0 Å². The Bertz CT molecular complexity index is 572. The molecular formula is C16H21N3OS. The number of hydrogen-bond acceptors (Lipinski definition) is 5. The van der Waals surface area contributed by atoms with Gasteiger partial charge in [0.15, 0.2) is 5.82 Å². The van der Waals surface area contributed by atoms with Crippen LogP contribution >= 0.6 is 11.8 Å². The Labute approximate surface area is 130 Å². The second-order valence-electron chi connectivity index (χ2n) is 4.70. The molecule has 0 bridgehead atoms. The van der Waals surface area contributed by atoms with Gasteiger partial charge in [-0.2, -0.15) is 0 Å². The van der Waals surface area contributed by atoms with E-state index in [-0.39, 0.29) is 0 Å². The number of aryl methyl sites for hydroxylation is 1. The molecule has 4 nitrogen and oxygen atoms in total. The second kappa shape index (κ2) is 7.88. The summed E-state index contributed by atoms with van der Waals surface area (Å²) >= 11 is 1.71. The van der Waals surface area contributed by atoms with Crippen LogP contribution in [-0.4, -0.2) is 22.8 Å². The minimum Gasteiger partial charge on any atom is -0.486 e. The van der Waals surface area contributed by atoms with Gasteiger partial charge in [0, 0.05) is 23.2 Å². The summed E-state index contributed by atoms with van der Waals surface area (Å²) in [6.45, 7) is 5.38. The Hall–Kier alpha value is -1.75. The van der Waals surface area contributed by atoms with E-state index in [1.807, 2.05) is 37.3 Å². The summed E-state index contributed by atoms with van der Waals surface area (Å²) in [4.78, 5) is 10.1. The highest BCUT2D eigenvalue weighted by Gasteiger charge is 2.03. The summed E-state index contributed by atoms with van der Waals surface area (Å²) in [5.74, 6) is 2.39. The molecule has 0 saturated carbocycles. The molecular weight excluding hydrogens is 282 g/mol. The lowest BCUT2D eigenvalue weighted by Crippen LogP contribution is -2.08. The molecule has 112 valence electrons. The van der Waals surface area contributed by atoms with Crippen molar-refractivity contribution in [3.63, 3.8) is 0 Å². The van der Waals surface area contributed by atoms with Crippen molar-refractivity contribution in [1.29, 1.82) is 0 Å². The molecule has 2 aromatic rings. The average Bonchev–Trinajstić information content (AvgIpc) is 2.51. The zero-order chi connectivity index (χ0) is 15.1. The summed E-state index contributed by atoms with van der Waals surface area (Å²) in [6, 6.07) is 9.98. The maximum absolute atomic E-state index is 5.74. The predicted octanol–water partition coefficient (Wildman–Crippen LogP) is 3.91. The minimum absolute atomic E-state index is 0.376. The number of hydrogen-bond donors (Lipinski definition) is 1. The van der Waals surface area contributed by atoms with E-state index in [4.69, 9.17) is 4.74 Å². The number of thioether (sulfide) groups is 1. The van der Waals surface area contributed by atoms with Gasteiger partial charge in [0.1, 0.15) is 18.2 Å². The molecule has 0 atom stereocenters. The van der Waals surface area contributed by atoms with Gasteiger partial charge < -0.3 is 10.1 Å². The van der Waals surface area contributed by atoms with E-state index < -0.39 is 0 Å². The average molecular weight is 303 g/mol. The maximum atomic E-state index is 5.74. The van der Waals surface area contributed by atoms with Crippen LogP contribution in [0, 0.1) is 6.92 Å². The van der Waals surface area contributed by atoms with E-state index >= 15 is 0 Å². The molecule has 21 heavy (non-hydrogen) atoms. The van der Waals surface area contributed by atoms with E-state index in [2.05, 4.69) is 28.5 Å². The number of rotatable bonds is 7. The van der Waals surface area contributed by atoms with Crippen molar-refractivity contribution in [1.82, 2.24) is 9.97 Å². The van der Waals surface area contributed by atoms with E-state index in [1.165, 1.54) is 4.90 Å². The van der Waals surface area contributed by atoms with Crippen molar-refractivity contribution < 1.29 is 4.74 Å². The standard InChI is InChI=1S/C16H21N3OS/c1-4-9-17-15-10-12(2)18-16(19-15)11-20-13-5-7-14(21-3)8-6-13/h5-8,10H,4,9,11H2,1-3H3,(H,17,18,19). The van der Waals surface area contributed by atoms with Gasteiger partial charge in [-0.25, -0.2) is 9.97 Å². The molecule has 2 rings (SSSR count). The van der Waals surface area contributed by atoms with Crippen LogP contribution < -0.4 is 10.1 Å². The highest BCUT2D eigenvalue weighted by molar-refractivity contribution is 7.98. The first-order valence-electron chi connectivity index (χ1n) is 7.06. The molecule has 5 heteroatoms. The Kier molecular flexibility index (Phi) is 5.87. The summed E-state index contributed by atoms with van der Waals surface area (Å²) in [6.07, 6.45) is 3.12. The lowest BCUT2D eigenvalue weighted by molar-refractivity contribution is 0.295. The zero-order valence-electron chi connectivity index (χ0n) is 12.7.